The van der Waals surface area contributed by atoms with Crippen LogP contribution in [0.5, 0.6) is 0 Å². The van der Waals surface area contributed by atoms with Crippen molar-refractivity contribution in [3.63, 3.8) is 0 Å². The Labute approximate surface area is 122 Å². The highest BCUT2D eigenvalue weighted by molar-refractivity contribution is 6.00. The fourth-order valence-corrected chi connectivity index (χ4v) is 3.47. The Morgan fingerprint density at radius 2 is 1.80 bits per heavy atom. The zero-order valence-corrected chi connectivity index (χ0v) is 13.0. The van der Waals surface area contributed by atoms with Gasteiger partial charge in [-0.15, -0.1) is 0 Å². The second-order valence-electron chi connectivity index (χ2n) is 7.06. The molecule has 1 saturated heterocycles. The van der Waals surface area contributed by atoms with E-state index < -0.39 is 0 Å². The molecule has 4 nitrogen and oxygen atoms in total. The lowest BCUT2D eigenvalue weighted by molar-refractivity contribution is -0.135. The second kappa shape index (κ2) is 6.25. The summed E-state index contributed by atoms with van der Waals surface area (Å²) in [4.78, 5) is 22.9. The molecule has 2 rings (SSSR count). The summed E-state index contributed by atoms with van der Waals surface area (Å²) >= 11 is 0. The topological polar surface area (TPSA) is 58.2 Å². The Morgan fingerprint density at radius 1 is 1.15 bits per heavy atom. The average molecular weight is 280 g/mol. The first kappa shape index (κ1) is 15.5. The lowest BCUT2D eigenvalue weighted by atomic mass is 9.69. The molecule has 2 aliphatic rings. The fourth-order valence-electron chi connectivity index (χ4n) is 3.47. The standard InChI is InChI=1S/C16H28N2O2/c1-4-16(2,3)11-5-7-12(8-6-11)17-13-9-10-14(19)18-15(13)20/h11-13,17H,4-10H2,1-3H3,(H,18,19,20). The van der Waals surface area contributed by atoms with Crippen LogP contribution in [-0.4, -0.2) is 23.9 Å². The maximum absolute atomic E-state index is 11.8. The summed E-state index contributed by atoms with van der Waals surface area (Å²) < 4.78 is 0. The molecule has 1 aliphatic carbocycles. The van der Waals surface area contributed by atoms with Crippen molar-refractivity contribution in [3.05, 3.63) is 0 Å². The monoisotopic (exact) mass is 280 g/mol. The van der Waals surface area contributed by atoms with Crippen LogP contribution in [0.15, 0.2) is 0 Å². The van der Waals surface area contributed by atoms with Gasteiger partial charge in [0.2, 0.25) is 11.8 Å². The van der Waals surface area contributed by atoms with Gasteiger partial charge < -0.3 is 5.32 Å². The molecule has 1 aliphatic heterocycles. The van der Waals surface area contributed by atoms with Crippen molar-refractivity contribution in [2.45, 2.75) is 77.8 Å². The van der Waals surface area contributed by atoms with Crippen LogP contribution < -0.4 is 10.6 Å². The first-order chi connectivity index (χ1) is 9.42. The second-order valence-corrected chi connectivity index (χ2v) is 7.06. The van der Waals surface area contributed by atoms with Gasteiger partial charge in [0.25, 0.3) is 0 Å². The molecule has 4 heteroatoms. The highest BCUT2D eigenvalue weighted by Gasteiger charge is 2.34. The number of piperidine rings is 1. The number of imide groups is 1. The molecule has 0 spiro atoms. The molecule has 1 unspecified atom stereocenters. The predicted molar refractivity (Wildman–Crippen MR) is 79.1 cm³/mol. The minimum Gasteiger partial charge on any atom is -0.303 e. The van der Waals surface area contributed by atoms with Crippen LogP contribution in [0.1, 0.15) is 65.7 Å². The van der Waals surface area contributed by atoms with E-state index in [1.165, 1.54) is 19.3 Å². The van der Waals surface area contributed by atoms with Gasteiger partial charge in [0.1, 0.15) is 0 Å². The van der Waals surface area contributed by atoms with Crippen LogP contribution in [0, 0.1) is 11.3 Å². The summed E-state index contributed by atoms with van der Waals surface area (Å²) in [7, 11) is 0. The molecule has 2 N–H and O–H groups in total. The molecular weight excluding hydrogens is 252 g/mol. The smallest absolute Gasteiger partial charge is 0.243 e. The first-order valence-electron chi connectivity index (χ1n) is 8.02. The maximum atomic E-state index is 11.8. The van der Waals surface area contributed by atoms with Gasteiger partial charge in [0, 0.05) is 12.5 Å². The van der Waals surface area contributed by atoms with Gasteiger partial charge in [-0.05, 0) is 43.4 Å². The van der Waals surface area contributed by atoms with Crippen LogP contribution >= 0.6 is 0 Å². The molecular formula is C16H28N2O2. The number of amides is 2. The van der Waals surface area contributed by atoms with Gasteiger partial charge in [-0.2, -0.15) is 0 Å². The van der Waals surface area contributed by atoms with Crippen molar-refractivity contribution in [1.29, 1.82) is 0 Å². The third-order valence-electron chi connectivity index (χ3n) is 5.42. The molecule has 0 radical (unpaired) electrons. The summed E-state index contributed by atoms with van der Waals surface area (Å²) in [5.74, 6) is 0.519. The van der Waals surface area contributed by atoms with Gasteiger partial charge in [0.05, 0.1) is 6.04 Å². The van der Waals surface area contributed by atoms with Crippen molar-refractivity contribution in [2.75, 3.05) is 0 Å². The summed E-state index contributed by atoms with van der Waals surface area (Å²) in [6.45, 7) is 7.00. The first-order valence-corrected chi connectivity index (χ1v) is 8.02. The van der Waals surface area contributed by atoms with Gasteiger partial charge in [0.15, 0.2) is 0 Å². The Balaban J connectivity index is 1.80. The fraction of sp³-hybridized carbons (Fsp3) is 0.875. The van der Waals surface area contributed by atoms with Crippen LogP contribution in [0.4, 0.5) is 0 Å². The van der Waals surface area contributed by atoms with E-state index in [0.717, 1.165) is 18.8 Å². The lowest BCUT2D eigenvalue weighted by Crippen LogP contribution is -2.54. The molecule has 1 heterocycles. The maximum Gasteiger partial charge on any atom is 0.243 e. The summed E-state index contributed by atoms with van der Waals surface area (Å²) in [5, 5.41) is 5.87. The van der Waals surface area contributed by atoms with Gasteiger partial charge >= 0.3 is 0 Å². The highest BCUT2D eigenvalue weighted by atomic mass is 16.2. The Morgan fingerprint density at radius 3 is 2.35 bits per heavy atom. The van der Waals surface area contributed by atoms with Crippen LogP contribution in [0.2, 0.25) is 0 Å². The third kappa shape index (κ3) is 3.60. The van der Waals surface area contributed by atoms with E-state index in [1.54, 1.807) is 0 Å². The van der Waals surface area contributed by atoms with Crippen molar-refractivity contribution >= 4 is 11.8 Å². The molecule has 20 heavy (non-hydrogen) atoms. The SMILES string of the molecule is CCC(C)(C)C1CCC(NC2CCC(=O)NC2=O)CC1. The molecule has 0 bridgehead atoms. The van der Waals surface area contributed by atoms with E-state index in [-0.39, 0.29) is 17.9 Å². The quantitative estimate of drug-likeness (QED) is 0.777. The van der Waals surface area contributed by atoms with Crippen molar-refractivity contribution < 1.29 is 9.59 Å². The number of nitrogens with one attached hydrogen (secondary N) is 2. The molecule has 2 fully saturated rings. The molecule has 1 saturated carbocycles. The zero-order chi connectivity index (χ0) is 14.8. The molecule has 114 valence electrons. The van der Waals surface area contributed by atoms with Gasteiger partial charge in [-0.1, -0.05) is 27.2 Å². The summed E-state index contributed by atoms with van der Waals surface area (Å²) in [6.07, 6.45) is 7.10. The number of carbonyl (C=O) groups is 2. The van der Waals surface area contributed by atoms with Crippen LogP contribution in [0.3, 0.4) is 0 Å². The minimum absolute atomic E-state index is 0.138. The molecule has 1 atom stereocenters. The van der Waals surface area contributed by atoms with E-state index in [9.17, 15) is 9.59 Å². The van der Waals surface area contributed by atoms with E-state index in [0.29, 0.717) is 24.3 Å². The molecule has 2 amide bonds. The normalized spacial score (nSPS) is 32.0. The molecule has 0 aromatic carbocycles. The minimum atomic E-state index is -0.173. The van der Waals surface area contributed by atoms with E-state index in [1.807, 2.05) is 0 Å². The Hall–Kier alpha value is -0.900. The highest BCUT2D eigenvalue weighted by Crippen LogP contribution is 2.40. The third-order valence-corrected chi connectivity index (χ3v) is 5.42. The number of hydrogen-bond donors (Lipinski definition) is 2. The number of hydrogen-bond acceptors (Lipinski definition) is 3. The average Bonchev–Trinajstić information content (AvgIpc) is 2.42. The van der Waals surface area contributed by atoms with Gasteiger partial charge in [-0.25, -0.2) is 0 Å². The lowest BCUT2D eigenvalue weighted by Gasteiger charge is -2.40. The van der Waals surface area contributed by atoms with Crippen LogP contribution in [0.25, 0.3) is 0 Å². The van der Waals surface area contributed by atoms with E-state index in [2.05, 4.69) is 31.4 Å². The van der Waals surface area contributed by atoms with E-state index >= 15 is 0 Å². The Kier molecular flexibility index (Phi) is 4.84. The van der Waals surface area contributed by atoms with Crippen molar-refractivity contribution in [3.8, 4) is 0 Å². The van der Waals surface area contributed by atoms with Crippen LogP contribution in [-0.2, 0) is 9.59 Å². The van der Waals surface area contributed by atoms with E-state index in [4.69, 9.17) is 0 Å². The number of carbonyl (C=O) groups excluding carboxylic acids is 2. The van der Waals surface area contributed by atoms with Gasteiger partial charge in [-0.3, -0.25) is 14.9 Å². The Bertz CT molecular complexity index is 371. The molecule has 0 aromatic heterocycles. The largest absolute Gasteiger partial charge is 0.303 e. The summed E-state index contributed by atoms with van der Waals surface area (Å²) in [5.41, 5.74) is 0.430. The predicted octanol–water partition coefficient (Wildman–Crippen LogP) is 2.38. The molecule has 0 aromatic rings. The zero-order valence-electron chi connectivity index (χ0n) is 13.0. The van der Waals surface area contributed by atoms with Crippen molar-refractivity contribution in [1.82, 2.24) is 10.6 Å². The van der Waals surface area contributed by atoms with Crippen molar-refractivity contribution in [2.24, 2.45) is 11.3 Å². The summed E-state index contributed by atoms with van der Waals surface area (Å²) in [6, 6.07) is 0.260. The number of rotatable bonds is 4.